The number of ether oxygens (including phenoxy) is 2. The molecule has 1 amide bonds. The number of fused-ring (bicyclic) bond motifs is 1. The molecule has 0 aliphatic carbocycles. The number of amides is 1. The Morgan fingerprint density at radius 3 is 2.23 bits per heavy atom. The van der Waals surface area contributed by atoms with Crippen LogP contribution in [-0.2, 0) is 11.4 Å². The van der Waals surface area contributed by atoms with Crippen LogP contribution in [0.4, 0.5) is 27.6 Å². The minimum absolute atomic E-state index is 0.0131. The molecule has 0 saturated carbocycles. The maximum atomic E-state index is 14.3. The predicted molar refractivity (Wildman–Crippen MR) is 136 cm³/mol. The molecule has 1 aliphatic rings. The Bertz CT molecular complexity index is 1670. The normalized spacial score (nSPS) is 14.3. The smallest absolute Gasteiger partial charge is 0.280 e. The van der Waals surface area contributed by atoms with E-state index in [0.29, 0.717) is 17.1 Å². The van der Waals surface area contributed by atoms with Crippen molar-refractivity contribution in [1.29, 1.82) is 0 Å². The summed E-state index contributed by atoms with van der Waals surface area (Å²) in [5.41, 5.74) is -0.127. The van der Waals surface area contributed by atoms with Gasteiger partial charge < -0.3 is 9.47 Å². The van der Waals surface area contributed by atoms with Gasteiger partial charge in [-0.2, -0.15) is 10.1 Å². The summed E-state index contributed by atoms with van der Waals surface area (Å²) in [6.07, 6.45) is 1.37. The van der Waals surface area contributed by atoms with Gasteiger partial charge in [0.1, 0.15) is 12.3 Å². The first-order valence-electron chi connectivity index (χ1n) is 11.6. The van der Waals surface area contributed by atoms with Crippen molar-refractivity contribution in [2.75, 3.05) is 12.1 Å². The van der Waals surface area contributed by atoms with Crippen molar-refractivity contribution in [2.45, 2.75) is 13.5 Å². The predicted octanol–water partition coefficient (Wildman–Crippen LogP) is 6.93. The highest BCUT2D eigenvalue weighted by Crippen LogP contribution is 2.35. The second kappa shape index (κ2) is 10.2. The van der Waals surface area contributed by atoms with Gasteiger partial charge in [0.2, 0.25) is 5.82 Å². The second-order valence-electron chi connectivity index (χ2n) is 8.62. The fraction of sp³-hybridized carbons (Fsp3) is 0.103. The SMILES string of the molecule is COc1cc(/C=C2/C(=O)N(c3c(F)c(F)c(F)c(F)c3F)N=C2C)ccc1OCc1cccc2ccccc12. The third kappa shape index (κ3) is 4.58. The number of hydrogen-bond donors (Lipinski definition) is 0. The molecule has 1 aliphatic heterocycles. The van der Waals surface area contributed by atoms with Gasteiger partial charge in [0.05, 0.1) is 18.4 Å². The van der Waals surface area contributed by atoms with E-state index in [-0.39, 0.29) is 22.9 Å². The molecule has 1 heterocycles. The molecule has 0 N–H and O–H groups in total. The van der Waals surface area contributed by atoms with Crippen LogP contribution in [0.3, 0.4) is 0 Å². The first-order chi connectivity index (χ1) is 18.7. The number of nitrogens with zero attached hydrogens (tertiary/aromatic N) is 2. The van der Waals surface area contributed by atoms with Gasteiger partial charge in [-0.15, -0.1) is 0 Å². The topological polar surface area (TPSA) is 51.1 Å². The number of hydrogen-bond acceptors (Lipinski definition) is 4. The Labute approximate surface area is 219 Å². The lowest BCUT2D eigenvalue weighted by Gasteiger charge is -2.15. The Morgan fingerprint density at radius 1 is 0.846 bits per heavy atom. The molecule has 0 spiro atoms. The highest BCUT2D eigenvalue weighted by Gasteiger charge is 2.37. The number of hydrazone groups is 1. The van der Waals surface area contributed by atoms with Crippen molar-refractivity contribution in [1.82, 2.24) is 0 Å². The minimum Gasteiger partial charge on any atom is -0.493 e. The lowest BCUT2D eigenvalue weighted by molar-refractivity contribution is -0.114. The number of anilines is 1. The van der Waals surface area contributed by atoms with Crippen LogP contribution in [0.15, 0.2) is 71.3 Å². The van der Waals surface area contributed by atoms with Crippen molar-refractivity contribution in [3.8, 4) is 11.5 Å². The van der Waals surface area contributed by atoms with Crippen molar-refractivity contribution in [3.63, 3.8) is 0 Å². The van der Waals surface area contributed by atoms with Gasteiger partial charge in [-0.05, 0) is 47.0 Å². The van der Waals surface area contributed by atoms with Crippen LogP contribution in [-0.4, -0.2) is 18.7 Å². The van der Waals surface area contributed by atoms with Crippen LogP contribution >= 0.6 is 0 Å². The third-order valence-electron chi connectivity index (χ3n) is 6.22. The molecule has 198 valence electrons. The fourth-order valence-electron chi connectivity index (χ4n) is 4.25. The molecule has 5 rings (SSSR count). The van der Waals surface area contributed by atoms with Gasteiger partial charge in [-0.1, -0.05) is 48.5 Å². The largest absolute Gasteiger partial charge is 0.493 e. The summed E-state index contributed by atoms with van der Waals surface area (Å²) in [7, 11) is 1.44. The Balaban J connectivity index is 1.41. The molecule has 4 aromatic rings. The zero-order valence-corrected chi connectivity index (χ0v) is 20.6. The molecule has 0 saturated heterocycles. The zero-order chi connectivity index (χ0) is 27.8. The highest BCUT2D eigenvalue weighted by atomic mass is 19.2. The summed E-state index contributed by atoms with van der Waals surface area (Å²) in [4.78, 5) is 12.9. The monoisotopic (exact) mass is 538 g/mol. The van der Waals surface area contributed by atoms with Gasteiger partial charge in [-0.25, -0.2) is 22.0 Å². The summed E-state index contributed by atoms with van der Waals surface area (Å²) in [5.74, 6) is -11.3. The fourth-order valence-corrected chi connectivity index (χ4v) is 4.25. The first-order valence-corrected chi connectivity index (χ1v) is 11.6. The molecule has 4 aromatic carbocycles. The van der Waals surface area contributed by atoms with Gasteiger partial charge in [0, 0.05) is 0 Å². The van der Waals surface area contributed by atoms with E-state index in [1.807, 2.05) is 42.5 Å². The number of carbonyl (C=O) groups excluding carboxylic acids is 1. The summed E-state index contributed by atoms with van der Waals surface area (Å²) in [6.45, 7) is 1.63. The summed E-state index contributed by atoms with van der Waals surface area (Å²) < 4.78 is 80.9. The van der Waals surface area contributed by atoms with Crippen LogP contribution in [0.5, 0.6) is 11.5 Å². The van der Waals surface area contributed by atoms with Crippen LogP contribution < -0.4 is 14.5 Å². The molecule has 10 heteroatoms. The lowest BCUT2D eigenvalue weighted by Crippen LogP contribution is -2.25. The number of benzene rings is 4. The molecule has 0 aromatic heterocycles. The van der Waals surface area contributed by atoms with Crippen LogP contribution in [0, 0.1) is 29.1 Å². The molecule has 0 radical (unpaired) electrons. The molecular formula is C29H19F5N2O3. The van der Waals surface area contributed by atoms with E-state index >= 15 is 0 Å². The van der Waals surface area contributed by atoms with Crippen LogP contribution in [0.1, 0.15) is 18.1 Å². The zero-order valence-electron chi connectivity index (χ0n) is 20.6. The van der Waals surface area contributed by atoms with Crippen LogP contribution in [0.2, 0.25) is 0 Å². The quantitative estimate of drug-likeness (QED) is 0.116. The standard InChI is InChI=1S/C29H19F5N2O3/c1-15-20(29(37)36(35-15)28-26(33)24(31)23(30)25(32)27(28)34)12-16-10-11-21(22(13-16)38-2)39-14-18-8-5-7-17-6-3-4-9-19(17)18/h3-13H,14H2,1-2H3/b20-12+. The van der Waals surface area contributed by atoms with Gasteiger partial charge in [0.25, 0.3) is 5.91 Å². The van der Waals surface area contributed by atoms with Gasteiger partial charge in [-0.3, -0.25) is 4.79 Å². The average molecular weight is 538 g/mol. The summed E-state index contributed by atoms with van der Waals surface area (Å²) in [5, 5.41) is 6.03. The van der Waals surface area contributed by atoms with Crippen molar-refractivity contribution >= 4 is 34.2 Å². The summed E-state index contributed by atoms with van der Waals surface area (Å²) >= 11 is 0. The van der Waals surface area contributed by atoms with E-state index < -0.39 is 40.7 Å². The number of carbonyl (C=O) groups is 1. The van der Waals surface area contributed by atoms with Crippen molar-refractivity contribution in [3.05, 3.63) is 106 Å². The number of rotatable bonds is 6. The molecule has 0 bridgehead atoms. The van der Waals surface area contributed by atoms with E-state index in [1.54, 1.807) is 18.2 Å². The van der Waals surface area contributed by atoms with Crippen molar-refractivity contribution in [2.24, 2.45) is 5.10 Å². The molecule has 0 fully saturated rings. The molecule has 0 unspecified atom stereocenters. The Morgan fingerprint density at radius 2 is 1.51 bits per heavy atom. The van der Waals surface area contributed by atoms with Gasteiger partial charge in [0.15, 0.2) is 34.8 Å². The minimum atomic E-state index is -2.33. The van der Waals surface area contributed by atoms with E-state index in [2.05, 4.69) is 5.10 Å². The Kier molecular flexibility index (Phi) is 6.78. The molecule has 0 atom stereocenters. The molecule has 5 nitrogen and oxygen atoms in total. The maximum Gasteiger partial charge on any atom is 0.280 e. The summed E-state index contributed by atoms with van der Waals surface area (Å²) in [6, 6.07) is 18.6. The Hall–Kier alpha value is -4.73. The number of methoxy groups -OCH3 is 1. The van der Waals surface area contributed by atoms with E-state index in [1.165, 1.54) is 20.1 Å². The highest BCUT2D eigenvalue weighted by molar-refractivity contribution is 6.32. The second-order valence-corrected chi connectivity index (χ2v) is 8.62. The maximum absolute atomic E-state index is 14.3. The third-order valence-corrected chi connectivity index (χ3v) is 6.22. The van der Waals surface area contributed by atoms with Crippen LogP contribution in [0.25, 0.3) is 16.8 Å². The van der Waals surface area contributed by atoms with E-state index in [9.17, 15) is 26.7 Å². The first kappa shape index (κ1) is 25.9. The molecular weight excluding hydrogens is 519 g/mol. The van der Waals surface area contributed by atoms with E-state index in [0.717, 1.165) is 16.3 Å². The van der Waals surface area contributed by atoms with E-state index in [4.69, 9.17) is 9.47 Å². The average Bonchev–Trinajstić information content (AvgIpc) is 3.22. The lowest BCUT2D eigenvalue weighted by atomic mass is 10.1. The molecule has 39 heavy (non-hydrogen) atoms. The number of halogens is 5. The van der Waals surface area contributed by atoms with Gasteiger partial charge >= 0.3 is 0 Å². The van der Waals surface area contributed by atoms with Crippen molar-refractivity contribution < 1.29 is 36.2 Å².